The van der Waals surface area contributed by atoms with Crippen LogP contribution in [0.2, 0.25) is 0 Å². The van der Waals surface area contributed by atoms with Crippen LogP contribution in [0.25, 0.3) is 11.6 Å². The number of thiophene rings is 1. The van der Waals surface area contributed by atoms with Gasteiger partial charge in [0.1, 0.15) is 23.0 Å². The lowest BCUT2D eigenvalue weighted by Crippen LogP contribution is -2.52. The highest BCUT2D eigenvalue weighted by Crippen LogP contribution is 2.54. The van der Waals surface area contributed by atoms with Crippen molar-refractivity contribution in [3.05, 3.63) is 33.3 Å². The number of likely N-dealkylation sites (N-methyl/N-ethyl adjacent to an activating group) is 1. The smallest absolute Gasteiger partial charge is 0.219 e. The summed E-state index contributed by atoms with van der Waals surface area (Å²) in [5, 5.41) is 19.2. The second-order valence-corrected chi connectivity index (χ2v) is 14.9. The van der Waals surface area contributed by atoms with Crippen LogP contribution in [-0.2, 0) is 23.0 Å². The Morgan fingerprint density at radius 1 is 1.20 bits per heavy atom. The highest BCUT2D eigenvalue weighted by molar-refractivity contribution is 7.16. The van der Waals surface area contributed by atoms with Gasteiger partial charge >= 0.3 is 0 Å². The van der Waals surface area contributed by atoms with Gasteiger partial charge in [-0.2, -0.15) is 10.2 Å². The minimum Gasteiger partial charge on any atom is -0.473 e. The normalized spacial score (nSPS) is 27.7. The molecule has 0 bridgehead atoms. The number of anilines is 2. The van der Waals surface area contributed by atoms with E-state index in [0.29, 0.717) is 28.0 Å². The lowest BCUT2D eigenvalue weighted by Gasteiger charge is -2.39. The van der Waals surface area contributed by atoms with E-state index in [9.17, 15) is 5.26 Å². The Morgan fingerprint density at radius 2 is 2.02 bits per heavy atom. The molecule has 3 aromatic heterocycles. The van der Waals surface area contributed by atoms with Gasteiger partial charge < -0.3 is 29.9 Å². The SMILES string of the molecule is CO[C@H]1CCN(C)[C@@H]1[C@H](C)Oc1cc(N2CCNC3(CC3)C2)nc(-c2onc3c2CCC[C@@]32CCCc3sc(N)c(C#N)c32)n1. The zero-order valence-corrected chi connectivity index (χ0v) is 27.2. The molecule has 0 radical (unpaired) electrons. The molecule has 0 unspecified atom stereocenters. The number of nitrogens with zero attached hydrogens (tertiary/aromatic N) is 6. The first kappa shape index (κ1) is 29.2. The van der Waals surface area contributed by atoms with Crippen LogP contribution < -0.4 is 20.7 Å². The minimum atomic E-state index is -0.368. The fourth-order valence-electron chi connectivity index (χ4n) is 8.72. The number of fused-ring (bicyclic) bond motifs is 4. The summed E-state index contributed by atoms with van der Waals surface area (Å²) in [5.41, 5.74) is 9.87. The summed E-state index contributed by atoms with van der Waals surface area (Å²) in [6.07, 6.45) is 8.94. The van der Waals surface area contributed by atoms with Crippen molar-refractivity contribution in [2.24, 2.45) is 0 Å². The number of hydrogen-bond donors (Lipinski definition) is 2. The first-order valence-corrected chi connectivity index (χ1v) is 17.3. The molecule has 0 aromatic carbocycles. The molecule has 238 valence electrons. The third-order valence-electron chi connectivity index (χ3n) is 11.1. The Labute approximate surface area is 268 Å². The van der Waals surface area contributed by atoms with Crippen molar-refractivity contribution in [3.63, 3.8) is 0 Å². The van der Waals surface area contributed by atoms with Crippen LogP contribution in [0, 0.1) is 11.3 Å². The third kappa shape index (κ3) is 4.73. The Hall–Kier alpha value is -3.24. The lowest BCUT2D eigenvalue weighted by molar-refractivity contribution is 0.0174. The molecule has 4 atom stereocenters. The van der Waals surface area contributed by atoms with Crippen LogP contribution in [0.15, 0.2) is 10.6 Å². The molecule has 8 rings (SSSR count). The van der Waals surface area contributed by atoms with Crippen LogP contribution in [0.3, 0.4) is 0 Å². The molecule has 12 heteroatoms. The number of likely N-dealkylation sites (tertiary alicyclic amines) is 1. The van der Waals surface area contributed by atoms with Gasteiger partial charge in [-0.1, -0.05) is 5.16 Å². The number of aromatic nitrogens is 3. The molecule has 0 amide bonds. The second kappa shape index (κ2) is 10.9. The molecule has 5 heterocycles. The predicted octanol–water partition coefficient (Wildman–Crippen LogP) is 4.03. The monoisotopic (exact) mass is 630 g/mol. The molecule has 3 N–H and O–H groups in total. The van der Waals surface area contributed by atoms with Crippen LogP contribution in [0.5, 0.6) is 5.88 Å². The van der Waals surface area contributed by atoms with E-state index in [-0.39, 0.29) is 29.2 Å². The zero-order valence-electron chi connectivity index (χ0n) is 26.4. The van der Waals surface area contributed by atoms with Gasteiger partial charge in [-0.25, -0.2) is 4.98 Å². The number of hydrogen-bond acceptors (Lipinski definition) is 12. The number of ether oxygens (including phenoxy) is 2. The maximum atomic E-state index is 10.1. The molecule has 2 aliphatic heterocycles. The standard InChI is InChI=1S/C33H42N8O3S/c1-19(27-22(42-3)8-14-40(27)2)43-25-16-24(41-15-13-36-32(18-41)11-12-32)37-31(38-25)28-20-6-4-9-33(29(20)39-44-28)10-5-7-23-26(33)21(17-34)30(35)45-23/h16,19,22,27,36H,4-15,18,35H2,1-3H3/t19-,22-,27+,33-/m0/s1. The summed E-state index contributed by atoms with van der Waals surface area (Å²) in [6.45, 7) is 5.76. The van der Waals surface area contributed by atoms with Crippen molar-refractivity contribution in [1.82, 2.24) is 25.3 Å². The summed E-state index contributed by atoms with van der Waals surface area (Å²) in [6, 6.07) is 4.53. The summed E-state index contributed by atoms with van der Waals surface area (Å²) in [5.74, 6) is 2.51. The van der Waals surface area contributed by atoms with Crippen LogP contribution >= 0.6 is 11.3 Å². The second-order valence-electron chi connectivity index (χ2n) is 13.8. The maximum absolute atomic E-state index is 10.1. The molecular formula is C33H42N8O3S. The van der Waals surface area contributed by atoms with Gasteiger partial charge in [0.25, 0.3) is 0 Å². The number of rotatable bonds is 6. The Kier molecular flexibility index (Phi) is 7.09. The van der Waals surface area contributed by atoms with Crippen LogP contribution in [0.1, 0.15) is 79.1 Å². The molecule has 3 aromatic rings. The maximum Gasteiger partial charge on any atom is 0.219 e. The molecule has 3 aliphatic carbocycles. The first-order valence-electron chi connectivity index (χ1n) is 16.4. The van der Waals surface area contributed by atoms with Gasteiger partial charge in [0, 0.05) is 60.7 Å². The van der Waals surface area contributed by atoms with Crippen molar-refractivity contribution in [3.8, 4) is 23.5 Å². The van der Waals surface area contributed by atoms with Crippen molar-refractivity contribution in [1.29, 1.82) is 5.26 Å². The van der Waals surface area contributed by atoms with Crippen molar-refractivity contribution < 1.29 is 14.0 Å². The van der Waals surface area contributed by atoms with E-state index in [1.807, 2.05) is 6.07 Å². The number of piperazine rings is 1. The number of aryl methyl sites for hydroxylation is 1. The predicted molar refractivity (Wildman–Crippen MR) is 172 cm³/mol. The summed E-state index contributed by atoms with van der Waals surface area (Å²) < 4.78 is 18.7. The van der Waals surface area contributed by atoms with Gasteiger partial charge in [0.2, 0.25) is 17.5 Å². The Bertz CT molecular complexity index is 1660. The largest absolute Gasteiger partial charge is 0.473 e. The molecule has 5 aliphatic rings. The van der Waals surface area contributed by atoms with Crippen molar-refractivity contribution in [2.45, 2.75) is 93.9 Å². The molecule has 2 saturated heterocycles. The first-order chi connectivity index (χ1) is 21.8. The number of nitrogen functional groups attached to an aromatic ring is 1. The van der Waals surface area contributed by atoms with E-state index >= 15 is 0 Å². The van der Waals surface area contributed by atoms with E-state index in [4.69, 9.17) is 34.9 Å². The van der Waals surface area contributed by atoms with Crippen molar-refractivity contribution in [2.75, 3.05) is 51.0 Å². The Morgan fingerprint density at radius 3 is 2.80 bits per heavy atom. The van der Waals surface area contributed by atoms with Crippen molar-refractivity contribution >= 4 is 22.2 Å². The Balaban J connectivity index is 1.20. The van der Waals surface area contributed by atoms with E-state index in [0.717, 1.165) is 93.8 Å². The van der Waals surface area contributed by atoms with E-state index < -0.39 is 0 Å². The third-order valence-corrected chi connectivity index (χ3v) is 12.1. The van der Waals surface area contributed by atoms with Gasteiger partial charge in [-0.3, -0.25) is 4.90 Å². The van der Waals surface area contributed by atoms with E-state index in [1.54, 1.807) is 18.4 Å². The fraction of sp³-hybridized carbons (Fsp3) is 0.636. The number of nitrogens with one attached hydrogen (secondary N) is 1. The molecule has 3 fully saturated rings. The summed E-state index contributed by atoms with van der Waals surface area (Å²) in [7, 11) is 3.91. The van der Waals surface area contributed by atoms with Crippen LogP contribution in [0.4, 0.5) is 10.8 Å². The molecule has 1 saturated carbocycles. The average molecular weight is 631 g/mol. The van der Waals surface area contributed by atoms with E-state index in [1.165, 1.54) is 17.7 Å². The quantitative estimate of drug-likeness (QED) is 0.408. The minimum absolute atomic E-state index is 0.107. The van der Waals surface area contributed by atoms with Crippen LogP contribution in [-0.4, -0.2) is 84.1 Å². The van der Waals surface area contributed by atoms with E-state index in [2.05, 4.69) is 35.2 Å². The molecular weight excluding hydrogens is 588 g/mol. The number of nitrogens with two attached hydrogens (primary N) is 1. The van der Waals surface area contributed by atoms with Gasteiger partial charge in [0.15, 0.2) is 0 Å². The van der Waals surface area contributed by atoms with Gasteiger partial charge in [-0.15, -0.1) is 11.3 Å². The fourth-order valence-corrected chi connectivity index (χ4v) is 9.88. The van der Waals surface area contributed by atoms with Gasteiger partial charge in [-0.05, 0) is 77.3 Å². The zero-order chi connectivity index (χ0) is 30.9. The summed E-state index contributed by atoms with van der Waals surface area (Å²) >= 11 is 1.56. The molecule has 2 spiro atoms. The highest BCUT2D eigenvalue weighted by atomic mass is 32.1. The topological polar surface area (TPSA) is 139 Å². The average Bonchev–Trinajstić information content (AvgIpc) is 3.34. The van der Waals surface area contributed by atoms with Gasteiger partial charge in [0.05, 0.1) is 23.4 Å². The molecule has 45 heavy (non-hydrogen) atoms. The summed E-state index contributed by atoms with van der Waals surface area (Å²) in [4.78, 5) is 16.0. The highest BCUT2D eigenvalue weighted by Gasteiger charge is 2.49. The lowest BCUT2D eigenvalue weighted by atomic mass is 9.62. The molecule has 11 nitrogen and oxygen atoms in total. The number of nitriles is 1. The number of methoxy groups -OCH3 is 1.